The van der Waals surface area contributed by atoms with Crippen molar-refractivity contribution in [3.05, 3.63) is 71.3 Å². The third-order valence-electron chi connectivity index (χ3n) is 5.15. The quantitative estimate of drug-likeness (QED) is 0.657. The van der Waals surface area contributed by atoms with Crippen molar-refractivity contribution in [2.45, 2.75) is 25.9 Å². The predicted octanol–water partition coefficient (Wildman–Crippen LogP) is 5.19. The summed E-state index contributed by atoms with van der Waals surface area (Å²) in [5.41, 5.74) is 2.09. The first kappa shape index (κ1) is 21.0. The molecule has 0 saturated carbocycles. The van der Waals surface area contributed by atoms with Gasteiger partial charge in [-0.05, 0) is 41.3 Å². The SMILES string of the molecule is CC(C)c1ccc(/C=C/C(=O)N2CCN(c3cccc(C(F)(F)F)c3)CC2)cc1. The number of carbonyl (C=O) groups excluding carboxylic acids is 1. The Morgan fingerprint density at radius 3 is 2.24 bits per heavy atom. The Morgan fingerprint density at radius 1 is 1.00 bits per heavy atom. The minimum Gasteiger partial charge on any atom is -0.368 e. The van der Waals surface area contributed by atoms with Crippen molar-refractivity contribution in [3.8, 4) is 0 Å². The van der Waals surface area contributed by atoms with E-state index < -0.39 is 11.7 Å². The zero-order chi connectivity index (χ0) is 21.0. The Morgan fingerprint density at radius 2 is 1.66 bits per heavy atom. The van der Waals surface area contributed by atoms with Crippen LogP contribution in [0.4, 0.5) is 18.9 Å². The molecule has 0 spiro atoms. The van der Waals surface area contributed by atoms with Crippen LogP contribution in [0.25, 0.3) is 6.08 Å². The molecule has 1 aliphatic heterocycles. The fraction of sp³-hybridized carbons (Fsp3) is 0.348. The Hall–Kier alpha value is -2.76. The van der Waals surface area contributed by atoms with Crippen molar-refractivity contribution in [1.29, 1.82) is 0 Å². The highest BCUT2D eigenvalue weighted by Gasteiger charge is 2.31. The summed E-state index contributed by atoms with van der Waals surface area (Å²) >= 11 is 0. The van der Waals surface area contributed by atoms with E-state index in [0.29, 0.717) is 37.8 Å². The van der Waals surface area contributed by atoms with Gasteiger partial charge in [-0.2, -0.15) is 13.2 Å². The number of nitrogens with zero attached hydrogens (tertiary/aromatic N) is 2. The van der Waals surface area contributed by atoms with Crippen LogP contribution < -0.4 is 4.90 Å². The zero-order valence-electron chi connectivity index (χ0n) is 16.6. The van der Waals surface area contributed by atoms with Crippen LogP contribution in [0.2, 0.25) is 0 Å². The molecule has 154 valence electrons. The summed E-state index contributed by atoms with van der Waals surface area (Å²) in [6.45, 7) is 6.23. The van der Waals surface area contributed by atoms with E-state index >= 15 is 0 Å². The van der Waals surface area contributed by atoms with Gasteiger partial charge in [0.1, 0.15) is 0 Å². The maximum absolute atomic E-state index is 12.9. The number of piperazine rings is 1. The molecular weight excluding hydrogens is 377 g/mol. The van der Waals surface area contributed by atoms with Crippen LogP contribution in [0.15, 0.2) is 54.6 Å². The first-order chi connectivity index (χ1) is 13.7. The summed E-state index contributed by atoms with van der Waals surface area (Å²) in [7, 11) is 0. The van der Waals surface area contributed by atoms with Crippen LogP contribution in [-0.2, 0) is 11.0 Å². The van der Waals surface area contributed by atoms with E-state index in [4.69, 9.17) is 0 Å². The number of rotatable bonds is 4. The van der Waals surface area contributed by atoms with Crippen LogP contribution >= 0.6 is 0 Å². The average Bonchev–Trinajstić information content (AvgIpc) is 2.72. The van der Waals surface area contributed by atoms with Crippen LogP contribution in [0, 0.1) is 0 Å². The average molecular weight is 402 g/mol. The van der Waals surface area contributed by atoms with E-state index in [2.05, 4.69) is 26.0 Å². The Bertz CT molecular complexity index is 864. The van der Waals surface area contributed by atoms with Gasteiger partial charge >= 0.3 is 6.18 Å². The molecule has 1 amide bonds. The summed E-state index contributed by atoms with van der Waals surface area (Å²) in [6.07, 6.45) is -0.998. The molecule has 3 nitrogen and oxygen atoms in total. The third-order valence-corrected chi connectivity index (χ3v) is 5.15. The molecule has 1 aliphatic rings. The van der Waals surface area contributed by atoms with E-state index in [-0.39, 0.29) is 5.91 Å². The first-order valence-electron chi connectivity index (χ1n) is 9.73. The van der Waals surface area contributed by atoms with Gasteiger partial charge in [0.2, 0.25) is 5.91 Å². The van der Waals surface area contributed by atoms with Crippen LogP contribution in [-0.4, -0.2) is 37.0 Å². The number of benzene rings is 2. The predicted molar refractivity (Wildman–Crippen MR) is 110 cm³/mol. The number of halogens is 3. The molecule has 0 aromatic heterocycles. The van der Waals surface area contributed by atoms with Gasteiger partial charge in [0, 0.05) is 37.9 Å². The summed E-state index contributed by atoms with van der Waals surface area (Å²) in [5.74, 6) is 0.379. The van der Waals surface area contributed by atoms with Gasteiger partial charge in [-0.3, -0.25) is 4.79 Å². The van der Waals surface area contributed by atoms with Gasteiger partial charge in [0.15, 0.2) is 0 Å². The molecule has 2 aromatic rings. The number of amides is 1. The third kappa shape index (κ3) is 5.40. The topological polar surface area (TPSA) is 23.6 Å². The normalized spacial score (nSPS) is 15.4. The number of hydrogen-bond donors (Lipinski definition) is 0. The Labute approximate surface area is 169 Å². The zero-order valence-corrected chi connectivity index (χ0v) is 16.6. The smallest absolute Gasteiger partial charge is 0.368 e. The summed E-state index contributed by atoms with van der Waals surface area (Å²) in [6, 6.07) is 13.4. The molecule has 0 bridgehead atoms. The Kier molecular flexibility index (Phi) is 6.30. The molecule has 0 N–H and O–H groups in total. The minimum absolute atomic E-state index is 0.0818. The van der Waals surface area contributed by atoms with Crippen molar-refractivity contribution in [2.24, 2.45) is 0 Å². The first-order valence-corrected chi connectivity index (χ1v) is 9.73. The lowest BCUT2D eigenvalue weighted by molar-refractivity contribution is -0.137. The highest BCUT2D eigenvalue weighted by atomic mass is 19.4. The summed E-state index contributed by atoms with van der Waals surface area (Å²) in [4.78, 5) is 16.1. The van der Waals surface area contributed by atoms with E-state index in [1.54, 1.807) is 23.1 Å². The standard InChI is InChI=1S/C23H25F3N2O/c1-17(2)19-9-6-18(7-10-19)8-11-22(29)28-14-12-27(13-15-28)21-5-3-4-20(16-21)23(24,25)26/h3-11,16-17H,12-15H2,1-2H3/b11-8+. The molecular formula is C23H25F3N2O. The van der Waals surface area contributed by atoms with Gasteiger partial charge in [-0.15, -0.1) is 0 Å². The second-order valence-electron chi connectivity index (χ2n) is 7.52. The minimum atomic E-state index is -4.36. The summed E-state index contributed by atoms with van der Waals surface area (Å²) < 4.78 is 38.7. The number of hydrogen-bond acceptors (Lipinski definition) is 2. The van der Waals surface area contributed by atoms with Crippen molar-refractivity contribution in [2.75, 3.05) is 31.1 Å². The fourth-order valence-corrected chi connectivity index (χ4v) is 3.33. The van der Waals surface area contributed by atoms with E-state index in [1.807, 2.05) is 17.0 Å². The second kappa shape index (κ2) is 8.72. The number of anilines is 1. The van der Waals surface area contributed by atoms with Gasteiger partial charge in [-0.25, -0.2) is 0 Å². The lowest BCUT2D eigenvalue weighted by atomic mass is 10.0. The second-order valence-corrected chi connectivity index (χ2v) is 7.52. The van der Waals surface area contributed by atoms with Crippen LogP contribution in [0.5, 0.6) is 0 Å². The lowest BCUT2D eigenvalue weighted by Gasteiger charge is -2.35. The molecule has 1 fully saturated rings. The van der Waals surface area contributed by atoms with Crippen LogP contribution in [0.1, 0.15) is 36.5 Å². The maximum atomic E-state index is 12.9. The maximum Gasteiger partial charge on any atom is 0.416 e. The molecule has 0 aliphatic carbocycles. The Balaban J connectivity index is 1.57. The van der Waals surface area contributed by atoms with Crippen molar-refractivity contribution in [1.82, 2.24) is 4.90 Å². The van der Waals surface area contributed by atoms with Crippen molar-refractivity contribution >= 4 is 17.7 Å². The van der Waals surface area contributed by atoms with Gasteiger partial charge in [0.25, 0.3) is 0 Å². The highest BCUT2D eigenvalue weighted by molar-refractivity contribution is 5.92. The molecule has 1 saturated heterocycles. The largest absolute Gasteiger partial charge is 0.416 e. The molecule has 29 heavy (non-hydrogen) atoms. The molecule has 0 radical (unpaired) electrons. The van der Waals surface area contributed by atoms with E-state index in [1.165, 1.54) is 11.6 Å². The van der Waals surface area contributed by atoms with Gasteiger partial charge in [-0.1, -0.05) is 44.2 Å². The van der Waals surface area contributed by atoms with Crippen molar-refractivity contribution in [3.63, 3.8) is 0 Å². The van der Waals surface area contributed by atoms with E-state index in [0.717, 1.165) is 17.7 Å². The molecule has 6 heteroatoms. The monoisotopic (exact) mass is 402 g/mol. The molecule has 2 aromatic carbocycles. The van der Waals surface area contributed by atoms with Crippen LogP contribution in [0.3, 0.4) is 0 Å². The molecule has 0 unspecified atom stereocenters. The van der Waals surface area contributed by atoms with Gasteiger partial charge < -0.3 is 9.80 Å². The lowest BCUT2D eigenvalue weighted by Crippen LogP contribution is -2.48. The molecule has 3 rings (SSSR count). The number of carbonyl (C=O) groups is 1. The van der Waals surface area contributed by atoms with Crippen molar-refractivity contribution < 1.29 is 18.0 Å². The molecule has 0 atom stereocenters. The van der Waals surface area contributed by atoms with E-state index in [9.17, 15) is 18.0 Å². The fourth-order valence-electron chi connectivity index (χ4n) is 3.33. The molecule has 1 heterocycles. The van der Waals surface area contributed by atoms with Gasteiger partial charge in [0.05, 0.1) is 5.56 Å². The number of alkyl halides is 3. The summed E-state index contributed by atoms with van der Waals surface area (Å²) in [5, 5.41) is 0. The highest BCUT2D eigenvalue weighted by Crippen LogP contribution is 2.31.